The molecule has 0 atom stereocenters. The summed E-state index contributed by atoms with van der Waals surface area (Å²) in [5, 5.41) is 0. The number of fused-ring (bicyclic) bond motifs is 1. The van der Waals surface area contributed by atoms with Crippen molar-refractivity contribution in [2.75, 3.05) is 6.61 Å². The lowest BCUT2D eigenvalue weighted by molar-refractivity contribution is 0.356. The molecule has 0 saturated heterocycles. The number of nitrogens with zero attached hydrogens (tertiary/aromatic N) is 1. The highest BCUT2D eigenvalue weighted by Crippen LogP contribution is 2.53. The lowest BCUT2D eigenvalue weighted by Gasteiger charge is -2.13. The minimum atomic E-state index is -0.648. The maximum Gasteiger partial charge on any atom is 0.235 e. The van der Waals surface area contributed by atoms with E-state index in [2.05, 4.69) is 4.99 Å². The van der Waals surface area contributed by atoms with Crippen LogP contribution in [0.2, 0.25) is 0 Å². The van der Waals surface area contributed by atoms with Crippen molar-refractivity contribution in [3.8, 4) is 5.75 Å². The lowest BCUT2D eigenvalue weighted by Crippen LogP contribution is -2.09. The zero-order valence-corrected chi connectivity index (χ0v) is 8.62. The standard InChI is InChI=1S/C12H10FNO2/c13-9-1-2-10-8(3-6-16-10)11(9)12(4-5-12)14-7-15/h1-2H,3-6H2. The summed E-state index contributed by atoms with van der Waals surface area (Å²) < 4.78 is 19.2. The maximum absolute atomic E-state index is 13.9. The first-order valence-electron chi connectivity index (χ1n) is 5.30. The van der Waals surface area contributed by atoms with Crippen LogP contribution in [0.25, 0.3) is 0 Å². The molecule has 0 spiro atoms. The van der Waals surface area contributed by atoms with Crippen molar-refractivity contribution >= 4 is 6.08 Å². The smallest absolute Gasteiger partial charge is 0.235 e. The van der Waals surface area contributed by atoms with E-state index >= 15 is 0 Å². The summed E-state index contributed by atoms with van der Waals surface area (Å²) in [4.78, 5) is 14.2. The molecule has 1 aliphatic carbocycles. The predicted molar refractivity (Wildman–Crippen MR) is 54.6 cm³/mol. The number of ether oxygens (including phenoxy) is 1. The van der Waals surface area contributed by atoms with Crippen LogP contribution < -0.4 is 4.74 Å². The van der Waals surface area contributed by atoms with Crippen molar-refractivity contribution in [2.45, 2.75) is 24.8 Å². The summed E-state index contributed by atoms with van der Waals surface area (Å²) in [7, 11) is 0. The van der Waals surface area contributed by atoms with E-state index in [9.17, 15) is 9.18 Å². The van der Waals surface area contributed by atoms with Crippen LogP contribution in [0.3, 0.4) is 0 Å². The third-order valence-corrected chi connectivity index (χ3v) is 3.28. The Kier molecular flexibility index (Phi) is 1.88. The topological polar surface area (TPSA) is 38.7 Å². The molecule has 0 unspecified atom stereocenters. The molecule has 0 radical (unpaired) electrons. The highest BCUT2D eigenvalue weighted by molar-refractivity contribution is 5.51. The first-order valence-corrected chi connectivity index (χ1v) is 5.30. The van der Waals surface area contributed by atoms with Crippen LogP contribution in [-0.4, -0.2) is 12.7 Å². The third kappa shape index (κ3) is 1.20. The Labute approximate surface area is 91.9 Å². The van der Waals surface area contributed by atoms with Gasteiger partial charge in [0.15, 0.2) is 0 Å². The van der Waals surface area contributed by atoms with Gasteiger partial charge in [0, 0.05) is 17.5 Å². The van der Waals surface area contributed by atoms with E-state index in [0.29, 0.717) is 18.6 Å². The molecule has 1 aromatic rings. The molecule has 0 amide bonds. The normalized spacial score (nSPS) is 19.6. The number of hydrogen-bond donors (Lipinski definition) is 0. The summed E-state index contributed by atoms with van der Waals surface area (Å²) >= 11 is 0. The van der Waals surface area contributed by atoms with Gasteiger partial charge in [-0.1, -0.05) is 0 Å². The molecule has 3 rings (SSSR count). The van der Waals surface area contributed by atoms with Crippen molar-refractivity contribution in [2.24, 2.45) is 4.99 Å². The van der Waals surface area contributed by atoms with Crippen molar-refractivity contribution < 1.29 is 13.9 Å². The maximum atomic E-state index is 13.9. The van der Waals surface area contributed by atoms with Crippen LogP contribution in [-0.2, 0) is 16.8 Å². The van der Waals surface area contributed by atoms with Gasteiger partial charge in [-0.2, -0.15) is 4.99 Å². The van der Waals surface area contributed by atoms with Crippen LogP contribution in [0.5, 0.6) is 5.75 Å². The van der Waals surface area contributed by atoms with Gasteiger partial charge >= 0.3 is 0 Å². The SMILES string of the molecule is O=C=NC1(c2c(F)ccc3c2CCO3)CC1. The Balaban J connectivity index is 2.20. The number of isocyanates is 1. The van der Waals surface area contributed by atoms with Crippen LogP contribution in [0.4, 0.5) is 4.39 Å². The summed E-state index contributed by atoms with van der Waals surface area (Å²) in [6.07, 6.45) is 3.68. The zero-order chi connectivity index (χ0) is 11.2. The van der Waals surface area contributed by atoms with Crippen LogP contribution in [0.15, 0.2) is 17.1 Å². The van der Waals surface area contributed by atoms with E-state index in [1.54, 1.807) is 12.1 Å². The highest BCUT2D eigenvalue weighted by Gasteiger charge is 2.49. The summed E-state index contributed by atoms with van der Waals surface area (Å²) in [6, 6.07) is 3.03. The van der Waals surface area contributed by atoms with E-state index in [0.717, 1.165) is 24.2 Å². The molecule has 1 heterocycles. The molecule has 3 nitrogen and oxygen atoms in total. The van der Waals surface area contributed by atoms with E-state index in [4.69, 9.17) is 4.74 Å². The summed E-state index contributed by atoms with van der Waals surface area (Å²) in [6.45, 7) is 0.576. The van der Waals surface area contributed by atoms with Crippen molar-refractivity contribution in [1.82, 2.24) is 0 Å². The Bertz CT molecular complexity index is 502. The molecule has 2 aliphatic rings. The number of benzene rings is 1. The Hall–Kier alpha value is -1.67. The van der Waals surface area contributed by atoms with E-state index < -0.39 is 5.54 Å². The second-order valence-electron chi connectivity index (χ2n) is 4.23. The number of aliphatic imine (C=N–C) groups is 1. The largest absolute Gasteiger partial charge is 0.493 e. The van der Waals surface area contributed by atoms with Crippen LogP contribution in [0, 0.1) is 5.82 Å². The fourth-order valence-electron chi connectivity index (χ4n) is 2.37. The van der Waals surface area contributed by atoms with E-state index in [-0.39, 0.29) is 5.82 Å². The van der Waals surface area contributed by atoms with Gasteiger partial charge in [-0.05, 0) is 25.0 Å². The van der Waals surface area contributed by atoms with Gasteiger partial charge in [0.25, 0.3) is 0 Å². The van der Waals surface area contributed by atoms with Gasteiger partial charge in [-0.3, -0.25) is 0 Å². The Morgan fingerprint density at radius 1 is 1.44 bits per heavy atom. The highest BCUT2D eigenvalue weighted by atomic mass is 19.1. The second-order valence-corrected chi connectivity index (χ2v) is 4.23. The molecule has 1 fully saturated rings. The first-order chi connectivity index (χ1) is 7.77. The van der Waals surface area contributed by atoms with Crippen molar-refractivity contribution in [1.29, 1.82) is 0 Å². The van der Waals surface area contributed by atoms with Crippen molar-refractivity contribution in [3.05, 3.63) is 29.1 Å². The second kappa shape index (κ2) is 3.16. The molecule has 0 N–H and O–H groups in total. The van der Waals surface area contributed by atoms with Crippen LogP contribution >= 0.6 is 0 Å². The van der Waals surface area contributed by atoms with E-state index in [1.807, 2.05) is 0 Å². The molecule has 4 heteroatoms. The van der Waals surface area contributed by atoms with Crippen molar-refractivity contribution in [3.63, 3.8) is 0 Å². The molecule has 1 aliphatic heterocycles. The fourth-order valence-corrected chi connectivity index (χ4v) is 2.37. The minimum Gasteiger partial charge on any atom is -0.493 e. The van der Waals surface area contributed by atoms with Gasteiger partial charge in [0.2, 0.25) is 6.08 Å². The number of halogens is 1. The number of hydrogen-bond acceptors (Lipinski definition) is 3. The molecule has 82 valence electrons. The number of carbonyl (C=O) groups excluding carboxylic acids is 1. The van der Waals surface area contributed by atoms with Gasteiger partial charge in [-0.15, -0.1) is 0 Å². The van der Waals surface area contributed by atoms with Crippen LogP contribution in [0.1, 0.15) is 24.0 Å². The molecule has 1 saturated carbocycles. The third-order valence-electron chi connectivity index (χ3n) is 3.28. The fraction of sp³-hybridized carbons (Fsp3) is 0.417. The monoisotopic (exact) mass is 219 g/mol. The first kappa shape index (κ1) is 9.55. The minimum absolute atomic E-state index is 0.291. The quantitative estimate of drug-likeness (QED) is 0.564. The lowest BCUT2D eigenvalue weighted by atomic mass is 9.96. The average molecular weight is 219 g/mol. The summed E-state index contributed by atoms with van der Waals surface area (Å²) in [5.74, 6) is 0.435. The molecular formula is C12H10FNO2. The predicted octanol–water partition coefficient (Wildman–Crippen LogP) is 2.09. The molecule has 16 heavy (non-hydrogen) atoms. The molecule has 0 bridgehead atoms. The van der Waals surface area contributed by atoms with Gasteiger partial charge in [0.1, 0.15) is 17.1 Å². The Morgan fingerprint density at radius 3 is 2.94 bits per heavy atom. The molecule has 0 aromatic heterocycles. The molecular weight excluding hydrogens is 209 g/mol. The number of rotatable bonds is 2. The Morgan fingerprint density at radius 2 is 2.25 bits per heavy atom. The summed E-state index contributed by atoms with van der Waals surface area (Å²) in [5.41, 5.74) is 0.771. The average Bonchev–Trinajstić information content (AvgIpc) is 2.89. The zero-order valence-electron chi connectivity index (χ0n) is 8.62. The van der Waals surface area contributed by atoms with E-state index in [1.165, 1.54) is 6.07 Å². The molecule has 1 aromatic carbocycles. The van der Waals surface area contributed by atoms with Gasteiger partial charge in [-0.25, -0.2) is 9.18 Å². The van der Waals surface area contributed by atoms with Gasteiger partial charge < -0.3 is 4.74 Å². The van der Waals surface area contributed by atoms with Gasteiger partial charge in [0.05, 0.1) is 6.61 Å².